The number of carbonyl (C=O) groups is 1. The van der Waals surface area contributed by atoms with Crippen molar-refractivity contribution in [3.05, 3.63) is 63.1 Å². The minimum atomic E-state index is -0.942. The van der Waals surface area contributed by atoms with Crippen LogP contribution in [-0.2, 0) is 6.54 Å². The average Bonchev–Trinajstić information content (AvgIpc) is 2.41. The molecule has 0 saturated carbocycles. The van der Waals surface area contributed by atoms with Crippen LogP contribution in [0.15, 0.2) is 36.4 Å². The normalized spacial score (nSPS) is 10.3. The lowest BCUT2D eigenvalue weighted by Gasteiger charge is -2.11. The molecule has 0 radical (unpaired) electrons. The number of benzene rings is 2. The fourth-order valence-corrected chi connectivity index (χ4v) is 2.11. The molecule has 0 fully saturated rings. The molecular formula is C15H13Cl2NO2. The highest BCUT2D eigenvalue weighted by atomic mass is 35.5. The second-order valence-electron chi connectivity index (χ2n) is 4.44. The van der Waals surface area contributed by atoms with Gasteiger partial charge in [-0.2, -0.15) is 0 Å². The summed E-state index contributed by atoms with van der Waals surface area (Å²) in [5.41, 5.74) is 3.00. The van der Waals surface area contributed by atoms with Gasteiger partial charge in [0.2, 0.25) is 0 Å². The van der Waals surface area contributed by atoms with E-state index in [1.807, 2.05) is 13.0 Å². The lowest BCUT2D eigenvalue weighted by atomic mass is 10.1. The number of aryl methyl sites for hydroxylation is 1. The van der Waals surface area contributed by atoms with Crippen LogP contribution in [0.5, 0.6) is 0 Å². The first kappa shape index (κ1) is 14.7. The Kier molecular flexibility index (Phi) is 4.53. The summed E-state index contributed by atoms with van der Waals surface area (Å²) in [7, 11) is 0. The standard InChI is InChI=1S/C15H13Cl2NO2/c1-9-2-4-11(15(19)20)7-14(9)18-8-10-3-5-12(16)13(17)6-10/h2-7,18H,8H2,1H3,(H,19,20). The van der Waals surface area contributed by atoms with E-state index in [1.54, 1.807) is 30.3 Å². The summed E-state index contributed by atoms with van der Waals surface area (Å²) in [6, 6.07) is 10.4. The predicted molar refractivity (Wildman–Crippen MR) is 81.9 cm³/mol. The molecule has 0 aromatic heterocycles. The van der Waals surface area contributed by atoms with E-state index in [-0.39, 0.29) is 5.56 Å². The van der Waals surface area contributed by atoms with Crippen LogP contribution in [0, 0.1) is 6.92 Å². The van der Waals surface area contributed by atoms with E-state index in [0.717, 1.165) is 16.8 Å². The van der Waals surface area contributed by atoms with Gasteiger partial charge in [-0.15, -0.1) is 0 Å². The maximum atomic E-state index is 11.0. The number of anilines is 1. The van der Waals surface area contributed by atoms with Gasteiger partial charge in [-0.25, -0.2) is 4.79 Å². The first-order chi connectivity index (χ1) is 9.47. The number of hydrogen-bond acceptors (Lipinski definition) is 2. The molecular weight excluding hydrogens is 297 g/mol. The molecule has 0 heterocycles. The lowest BCUT2D eigenvalue weighted by Crippen LogP contribution is -2.04. The quantitative estimate of drug-likeness (QED) is 0.867. The highest BCUT2D eigenvalue weighted by Crippen LogP contribution is 2.24. The molecule has 0 aliphatic heterocycles. The minimum Gasteiger partial charge on any atom is -0.478 e. The largest absolute Gasteiger partial charge is 0.478 e. The molecule has 3 nitrogen and oxygen atoms in total. The molecule has 0 spiro atoms. The van der Waals surface area contributed by atoms with E-state index >= 15 is 0 Å². The maximum absolute atomic E-state index is 11.0. The second-order valence-corrected chi connectivity index (χ2v) is 5.25. The van der Waals surface area contributed by atoms with Gasteiger partial charge in [0.25, 0.3) is 0 Å². The fraction of sp³-hybridized carbons (Fsp3) is 0.133. The topological polar surface area (TPSA) is 49.3 Å². The van der Waals surface area contributed by atoms with Crippen molar-refractivity contribution in [2.24, 2.45) is 0 Å². The van der Waals surface area contributed by atoms with Crippen molar-refractivity contribution in [1.29, 1.82) is 0 Å². The van der Waals surface area contributed by atoms with Crippen LogP contribution < -0.4 is 5.32 Å². The Balaban J connectivity index is 2.15. The van der Waals surface area contributed by atoms with Gasteiger partial charge in [0.15, 0.2) is 0 Å². The van der Waals surface area contributed by atoms with Crippen molar-refractivity contribution < 1.29 is 9.90 Å². The number of nitrogens with one attached hydrogen (secondary N) is 1. The molecule has 5 heteroatoms. The monoisotopic (exact) mass is 309 g/mol. The van der Waals surface area contributed by atoms with Crippen LogP contribution in [0.4, 0.5) is 5.69 Å². The molecule has 0 aliphatic carbocycles. The Bertz CT molecular complexity index is 656. The van der Waals surface area contributed by atoms with Crippen molar-refractivity contribution >= 4 is 34.9 Å². The summed E-state index contributed by atoms with van der Waals surface area (Å²) in [6.45, 7) is 2.46. The molecule has 2 aromatic carbocycles. The molecule has 0 atom stereocenters. The number of hydrogen-bond donors (Lipinski definition) is 2. The Morgan fingerprint density at radius 2 is 1.90 bits per heavy atom. The van der Waals surface area contributed by atoms with Crippen molar-refractivity contribution in [1.82, 2.24) is 0 Å². The van der Waals surface area contributed by atoms with Crippen LogP contribution in [0.3, 0.4) is 0 Å². The number of rotatable bonds is 4. The molecule has 0 bridgehead atoms. The summed E-state index contributed by atoms with van der Waals surface area (Å²) in [5, 5.41) is 13.2. The number of carboxylic acid groups (broad SMARTS) is 1. The zero-order valence-electron chi connectivity index (χ0n) is 10.8. The summed E-state index contributed by atoms with van der Waals surface area (Å²) in [5.74, 6) is -0.942. The number of aromatic carboxylic acids is 1. The average molecular weight is 310 g/mol. The highest BCUT2D eigenvalue weighted by molar-refractivity contribution is 6.42. The van der Waals surface area contributed by atoms with E-state index in [4.69, 9.17) is 28.3 Å². The molecule has 0 aliphatic rings. The second kappa shape index (κ2) is 6.16. The Morgan fingerprint density at radius 3 is 2.55 bits per heavy atom. The van der Waals surface area contributed by atoms with E-state index in [9.17, 15) is 4.79 Å². The third-order valence-electron chi connectivity index (χ3n) is 2.95. The Hall–Kier alpha value is -1.71. The Morgan fingerprint density at radius 1 is 1.15 bits per heavy atom. The smallest absolute Gasteiger partial charge is 0.335 e. The van der Waals surface area contributed by atoms with Gasteiger partial charge in [0.05, 0.1) is 15.6 Å². The molecule has 0 saturated heterocycles. The van der Waals surface area contributed by atoms with Crippen LogP contribution in [-0.4, -0.2) is 11.1 Å². The third-order valence-corrected chi connectivity index (χ3v) is 3.69. The zero-order valence-corrected chi connectivity index (χ0v) is 12.3. The van der Waals surface area contributed by atoms with Gasteiger partial charge in [-0.05, 0) is 42.3 Å². The van der Waals surface area contributed by atoms with Crippen LogP contribution in [0.1, 0.15) is 21.5 Å². The predicted octanol–water partition coefficient (Wildman–Crippen LogP) is 4.61. The number of carboxylic acids is 1. The van der Waals surface area contributed by atoms with Gasteiger partial charge in [0.1, 0.15) is 0 Å². The van der Waals surface area contributed by atoms with Crippen molar-refractivity contribution in [3.8, 4) is 0 Å². The van der Waals surface area contributed by atoms with Gasteiger partial charge >= 0.3 is 5.97 Å². The first-order valence-corrected chi connectivity index (χ1v) is 6.74. The number of halogens is 2. The maximum Gasteiger partial charge on any atom is 0.335 e. The molecule has 0 unspecified atom stereocenters. The summed E-state index contributed by atoms with van der Waals surface area (Å²) < 4.78 is 0. The van der Waals surface area contributed by atoms with Crippen LogP contribution >= 0.6 is 23.2 Å². The van der Waals surface area contributed by atoms with Gasteiger partial charge < -0.3 is 10.4 Å². The van der Waals surface area contributed by atoms with Crippen LogP contribution in [0.25, 0.3) is 0 Å². The molecule has 2 rings (SSSR count). The van der Waals surface area contributed by atoms with Gasteiger partial charge in [-0.1, -0.05) is 35.3 Å². The molecule has 104 valence electrons. The summed E-state index contributed by atoms with van der Waals surface area (Å²) in [4.78, 5) is 11.0. The van der Waals surface area contributed by atoms with Crippen molar-refractivity contribution in [2.45, 2.75) is 13.5 Å². The van der Waals surface area contributed by atoms with Crippen molar-refractivity contribution in [2.75, 3.05) is 5.32 Å². The van der Waals surface area contributed by atoms with Gasteiger partial charge in [0, 0.05) is 12.2 Å². The molecule has 2 N–H and O–H groups in total. The minimum absolute atomic E-state index is 0.257. The van der Waals surface area contributed by atoms with E-state index in [2.05, 4.69) is 5.32 Å². The fourth-order valence-electron chi connectivity index (χ4n) is 1.79. The van der Waals surface area contributed by atoms with E-state index in [1.165, 1.54) is 0 Å². The third kappa shape index (κ3) is 3.44. The van der Waals surface area contributed by atoms with Gasteiger partial charge in [-0.3, -0.25) is 0 Å². The van der Waals surface area contributed by atoms with Crippen LogP contribution in [0.2, 0.25) is 10.0 Å². The summed E-state index contributed by atoms with van der Waals surface area (Å²) >= 11 is 11.8. The first-order valence-electron chi connectivity index (χ1n) is 5.99. The highest BCUT2D eigenvalue weighted by Gasteiger charge is 2.06. The summed E-state index contributed by atoms with van der Waals surface area (Å²) in [6.07, 6.45) is 0. The van der Waals surface area contributed by atoms with E-state index in [0.29, 0.717) is 16.6 Å². The SMILES string of the molecule is Cc1ccc(C(=O)O)cc1NCc1ccc(Cl)c(Cl)c1. The van der Waals surface area contributed by atoms with Crippen molar-refractivity contribution in [3.63, 3.8) is 0 Å². The zero-order chi connectivity index (χ0) is 14.7. The molecule has 0 amide bonds. The lowest BCUT2D eigenvalue weighted by molar-refractivity contribution is 0.0697. The molecule has 2 aromatic rings. The Labute approximate surface area is 127 Å². The molecule has 20 heavy (non-hydrogen) atoms. The van der Waals surface area contributed by atoms with E-state index < -0.39 is 5.97 Å².